The Labute approximate surface area is 158 Å². The van der Waals surface area contributed by atoms with Gasteiger partial charge in [-0.1, -0.05) is 0 Å². The maximum Gasteiger partial charge on any atom is 0.410 e. The number of aromatic nitrogens is 3. The molecule has 1 atom stereocenters. The van der Waals surface area contributed by atoms with Crippen LogP contribution in [0.15, 0.2) is 10.9 Å². The maximum absolute atomic E-state index is 12.9. The molecule has 146 valence electrons. The average Bonchev–Trinajstić information content (AvgIpc) is 3.05. The van der Waals surface area contributed by atoms with Crippen LogP contribution in [0.3, 0.4) is 0 Å². The van der Waals surface area contributed by atoms with Crippen molar-refractivity contribution in [2.45, 2.75) is 77.4 Å². The lowest BCUT2D eigenvalue weighted by Gasteiger charge is -2.36. The van der Waals surface area contributed by atoms with Crippen molar-refractivity contribution in [2.75, 3.05) is 6.54 Å². The average molecular weight is 372 g/mol. The van der Waals surface area contributed by atoms with Gasteiger partial charge in [0.05, 0.1) is 17.4 Å². The fourth-order valence-corrected chi connectivity index (χ4v) is 4.14. The van der Waals surface area contributed by atoms with Crippen LogP contribution in [0.5, 0.6) is 0 Å². The van der Waals surface area contributed by atoms with E-state index in [1.165, 1.54) is 0 Å². The van der Waals surface area contributed by atoms with Gasteiger partial charge in [0.1, 0.15) is 5.60 Å². The van der Waals surface area contributed by atoms with Crippen LogP contribution in [0.1, 0.15) is 75.9 Å². The van der Waals surface area contributed by atoms with Crippen LogP contribution in [0.2, 0.25) is 0 Å². The molecule has 2 aromatic rings. The van der Waals surface area contributed by atoms with Gasteiger partial charge < -0.3 is 4.74 Å². The minimum absolute atomic E-state index is 0.000535. The molecular weight excluding hydrogens is 344 g/mol. The Morgan fingerprint density at radius 3 is 2.78 bits per heavy atom. The van der Waals surface area contributed by atoms with Gasteiger partial charge in [0, 0.05) is 18.2 Å². The van der Waals surface area contributed by atoms with E-state index in [0.29, 0.717) is 12.2 Å². The van der Waals surface area contributed by atoms with Gasteiger partial charge in [-0.2, -0.15) is 0 Å². The van der Waals surface area contributed by atoms with Crippen LogP contribution >= 0.6 is 0 Å². The molecule has 4 rings (SSSR count). The molecule has 2 aromatic heterocycles. The molecule has 1 saturated heterocycles. The van der Waals surface area contributed by atoms with E-state index in [1.807, 2.05) is 26.8 Å². The quantitative estimate of drug-likeness (QED) is 0.832. The molecule has 7 nitrogen and oxygen atoms in total. The van der Waals surface area contributed by atoms with Gasteiger partial charge in [0.2, 0.25) is 0 Å². The molecule has 3 heterocycles. The van der Waals surface area contributed by atoms with Gasteiger partial charge in [-0.25, -0.2) is 14.3 Å². The number of piperidine rings is 1. The number of hydrogen-bond donors (Lipinski definition) is 1. The SMILES string of the molecule is CC(C)(C)OC(=O)N1CCCCC1c1cc2nc3c(c(=O)n2[nH]1)CCCC3. The van der Waals surface area contributed by atoms with E-state index in [2.05, 4.69) is 5.10 Å². The number of amides is 1. The minimum atomic E-state index is -0.531. The van der Waals surface area contributed by atoms with Gasteiger partial charge in [-0.3, -0.25) is 14.8 Å². The fraction of sp³-hybridized carbons (Fsp3) is 0.650. The molecule has 1 fully saturated rings. The lowest BCUT2D eigenvalue weighted by molar-refractivity contribution is 0.00897. The number of carbonyl (C=O) groups is 1. The number of rotatable bonds is 1. The Morgan fingerprint density at radius 2 is 2.00 bits per heavy atom. The van der Waals surface area contributed by atoms with Crippen LogP contribution in [0, 0.1) is 0 Å². The first kappa shape index (κ1) is 18.1. The van der Waals surface area contributed by atoms with E-state index in [1.54, 1.807) is 9.42 Å². The first-order chi connectivity index (χ1) is 12.8. The molecule has 0 saturated carbocycles. The first-order valence-electron chi connectivity index (χ1n) is 9.96. The number of aromatic amines is 1. The highest BCUT2D eigenvalue weighted by molar-refractivity contribution is 5.69. The molecule has 27 heavy (non-hydrogen) atoms. The van der Waals surface area contributed by atoms with E-state index in [-0.39, 0.29) is 17.7 Å². The van der Waals surface area contributed by atoms with Crippen molar-refractivity contribution in [3.05, 3.63) is 33.4 Å². The van der Waals surface area contributed by atoms with Crippen LogP contribution in [-0.4, -0.2) is 37.7 Å². The lowest BCUT2D eigenvalue weighted by Crippen LogP contribution is -2.42. The zero-order valence-corrected chi connectivity index (χ0v) is 16.4. The Bertz CT molecular complexity index is 922. The van der Waals surface area contributed by atoms with Crippen molar-refractivity contribution in [3.63, 3.8) is 0 Å². The van der Waals surface area contributed by atoms with Crippen LogP contribution in [0.25, 0.3) is 5.65 Å². The number of nitrogens with one attached hydrogen (secondary N) is 1. The molecule has 1 unspecified atom stereocenters. The van der Waals surface area contributed by atoms with Crippen molar-refractivity contribution >= 4 is 11.7 Å². The summed E-state index contributed by atoms with van der Waals surface area (Å²) in [6.45, 7) is 6.29. The summed E-state index contributed by atoms with van der Waals surface area (Å²) in [6.07, 6.45) is 6.34. The van der Waals surface area contributed by atoms with Crippen molar-refractivity contribution < 1.29 is 9.53 Å². The standard InChI is InChI=1S/C20H28N4O3/c1-20(2,3)27-19(26)23-11-7-6-10-16(23)15-12-17-21-14-9-5-4-8-13(14)18(25)24(17)22-15/h12,16,22H,4-11H2,1-3H3. The fourth-order valence-electron chi connectivity index (χ4n) is 4.14. The summed E-state index contributed by atoms with van der Waals surface area (Å²) >= 11 is 0. The first-order valence-corrected chi connectivity index (χ1v) is 9.96. The molecular formula is C20H28N4O3. The van der Waals surface area contributed by atoms with E-state index in [0.717, 1.165) is 61.9 Å². The monoisotopic (exact) mass is 372 g/mol. The molecule has 1 N–H and O–H groups in total. The third kappa shape index (κ3) is 3.47. The van der Waals surface area contributed by atoms with Crippen LogP contribution < -0.4 is 5.56 Å². The van der Waals surface area contributed by atoms with Crippen molar-refractivity contribution in [1.29, 1.82) is 0 Å². The Kier molecular flexibility index (Phi) is 4.48. The third-order valence-electron chi connectivity index (χ3n) is 5.39. The lowest BCUT2D eigenvalue weighted by atomic mass is 9.97. The van der Waals surface area contributed by atoms with E-state index in [9.17, 15) is 9.59 Å². The zero-order valence-electron chi connectivity index (χ0n) is 16.4. The second kappa shape index (κ2) is 6.69. The molecule has 2 aliphatic rings. The number of hydrogen-bond acceptors (Lipinski definition) is 4. The van der Waals surface area contributed by atoms with E-state index in [4.69, 9.17) is 9.72 Å². The normalized spacial score (nSPS) is 20.6. The highest BCUT2D eigenvalue weighted by atomic mass is 16.6. The predicted molar refractivity (Wildman–Crippen MR) is 102 cm³/mol. The molecule has 0 aromatic carbocycles. The largest absolute Gasteiger partial charge is 0.444 e. The molecule has 1 aliphatic heterocycles. The second-order valence-electron chi connectivity index (χ2n) is 8.64. The summed E-state index contributed by atoms with van der Waals surface area (Å²) < 4.78 is 7.14. The highest BCUT2D eigenvalue weighted by Gasteiger charge is 2.33. The highest BCUT2D eigenvalue weighted by Crippen LogP contribution is 2.32. The zero-order chi connectivity index (χ0) is 19.2. The molecule has 1 aliphatic carbocycles. The molecule has 1 amide bonds. The van der Waals surface area contributed by atoms with Gasteiger partial charge in [0.25, 0.3) is 5.56 Å². The van der Waals surface area contributed by atoms with Gasteiger partial charge in [-0.15, -0.1) is 0 Å². The van der Waals surface area contributed by atoms with E-state index >= 15 is 0 Å². The van der Waals surface area contributed by atoms with Crippen molar-refractivity contribution in [2.24, 2.45) is 0 Å². The van der Waals surface area contributed by atoms with Gasteiger partial charge in [0.15, 0.2) is 5.65 Å². The van der Waals surface area contributed by atoms with Crippen LogP contribution in [-0.2, 0) is 17.6 Å². The Balaban J connectivity index is 1.70. The topological polar surface area (TPSA) is 79.7 Å². The summed E-state index contributed by atoms with van der Waals surface area (Å²) in [4.78, 5) is 32.1. The summed E-state index contributed by atoms with van der Waals surface area (Å²) in [5.41, 5.74) is 2.74. The van der Waals surface area contributed by atoms with Gasteiger partial charge >= 0.3 is 6.09 Å². The summed E-state index contributed by atoms with van der Waals surface area (Å²) in [6, 6.07) is 1.80. The van der Waals surface area contributed by atoms with Crippen LogP contribution in [0.4, 0.5) is 4.79 Å². The summed E-state index contributed by atoms with van der Waals surface area (Å²) in [7, 11) is 0. The Morgan fingerprint density at radius 1 is 1.22 bits per heavy atom. The van der Waals surface area contributed by atoms with Gasteiger partial charge in [-0.05, 0) is 65.7 Å². The number of nitrogens with zero attached hydrogens (tertiary/aromatic N) is 3. The smallest absolute Gasteiger partial charge is 0.410 e. The number of fused-ring (bicyclic) bond motifs is 2. The maximum atomic E-state index is 12.9. The molecule has 0 bridgehead atoms. The van der Waals surface area contributed by atoms with E-state index < -0.39 is 5.60 Å². The Hall–Kier alpha value is -2.31. The summed E-state index contributed by atoms with van der Waals surface area (Å²) in [5, 5.41) is 3.22. The molecule has 0 spiro atoms. The number of H-pyrrole nitrogens is 1. The number of carbonyl (C=O) groups excluding carboxylic acids is 1. The number of ether oxygens (including phenoxy) is 1. The predicted octanol–water partition coefficient (Wildman–Crippen LogP) is 3.36. The van der Waals surface area contributed by atoms with Crippen molar-refractivity contribution in [1.82, 2.24) is 19.5 Å². The summed E-state index contributed by atoms with van der Waals surface area (Å²) in [5.74, 6) is 0. The molecule has 7 heteroatoms. The number of likely N-dealkylation sites (tertiary alicyclic amines) is 1. The third-order valence-corrected chi connectivity index (χ3v) is 5.39. The minimum Gasteiger partial charge on any atom is -0.444 e. The second-order valence-corrected chi connectivity index (χ2v) is 8.64. The van der Waals surface area contributed by atoms with Crippen molar-refractivity contribution in [3.8, 4) is 0 Å². The molecule has 0 radical (unpaired) electrons. The number of aryl methyl sites for hydroxylation is 1.